The van der Waals surface area contributed by atoms with E-state index in [9.17, 15) is 27.9 Å². The van der Waals surface area contributed by atoms with Crippen LogP contribution in [0, 0.1) is 0 Å². The van der Waals surface area contributed by atoms with Crippen molar-refractivity contribution in [2.45, 2.75) is 30.8 Å². The van der Waals surface area contributed by atoms with Crippen LogP contribution in [0.25, 0.3) is 0 Å². The molecule has 13 heteroatoms. The molecule has 2 fully saturated rings. The predicted molar refractivity (Wildman–Crippen MR) is 114 cm³/mol. The summed E-state index contributed by atoms with van der Waals surface area (Å²) in [7, 11) is 1.38. The molecule has 2 amide bonds. The van der Waals surface area contributed by atoms with E-state index < -0.39 is 35.7 Å². The van der Waals surface area contributed by atoms with Gasteiger partial charge in [0.2, 0.25) is 0 Å². The number of aromatic nitrogens is 1. The lowest BCUT2D eigenvalue weighted by atomic mass is 10.0. The van der Waals surface area contributed by atoms with E-state index in [1.54, 1.807) is 4.90 Å². The van der Waals surface area contributed by atoms with Crippen LogP contribution < -0.4 is 15.1 Å². The van der Waals surface area contributed by atoms with Crippen LogP contribution in [0.1, 0.15) is 12.0 Å². The number of alkyl halides is 3. The van der Waals surface area contributed by atoms with Gasteiger partial charge < -0.3 is 34.6 Å². The number of aliphatic hydroxyl groups is 1. The Morgan fingerprint density at radius 3 is 2.97 bits per heavy atom. The number of anilines is 2. The molecule has 3 aliphatic rings. The van der Waals surface area contributed by atoms with Gasteiger partial charge in [-0.3, -0.25) is 9.59 Å². The first-order chi connectivity index (χ1) is 16.2. The number of carbonyl (C=O) groups is 2. The Bertz CT molecular complexity index is 909. The summed E-state index contributed by atoms with van der Waals surface area (Å²) in [4.78, 5) is 33.8. The van der Waals surface area contributed by atoms with Crippen molar-refractivity contribution in [3.63, 3.8) is 0 Å². The van der Waals surface area contributed by atoms with Gasteiger partial charge in [-0.05, 0) is 19.0 Å². The van der Waals surface area contributed by atoms with E-state index in [-0.39, 0.29) is 50.4 Å². The van der Waals surface area contributed by atoms with E-state index >= 15 is 0 Å². The zero-order chi connectivity index (χ0) is 24.5. The fourth-order valence-corrected chi connectivity index (χ4v) is 4.34. The van der Waals surface area contributed by atoms with Crippen molar-refractivity contribution in [3.05, 3.63) is 17.8 Å². The molecular formula is C21H28F3N5O5. The number of piperazine rings is 1. The highest BCUT2D eigenvalue weighted by molar-refractivity contribution is 6.05. The standard InChI is InChI=1S/C21H28F3N5O5/c1-27-15-7-13(21(22,23)24)8-26-18(15)29-5-4-28(9-16(29)19(27)31)20(32)17(30)12-34-11-14-10-33-6-2-3-25-14/h7-8,14,16-17,25,30H,2-6,9-12H2,1H3/t14-,16?,17?/m0/s1. The molecule has 0 aromatic carbocycles. The summed E-state index contributed by atoms with van der Waals surface area (Å²) >= 11 is 0. The summed E-state index contributed by atoms with van der Waals surface area (Å²) in [5, 5.41) is 13.6. The molecule has 0 spiro atoms. The molecular weight excluding hydrogens is 459 g/mol. The van der Waals surface area contributed by atoms with Gasteiger partial charge in [0.15, 0.2) is 11.9 Å². The minimum atomic E-state index is -4.58. The van der Waals surface area contributed by atoms with E-state index in [4.69, 9.17) is 9.47 Å². The van der Waals surface area contributed by atoms with Crippen LogP contribution in [0.2, 0.25) is 0 Å². The summed E-state index contributed by atoms with van der Waals surface area (Å²) in [6, 6.07) is 0.0811. The molecule has 4 heterocycles. The van der Waals surface area contributed by atoms with Gasteiger partial charge in [0, 0.05) is 32.9 Å². The van der Waals surface area contributed by atoms with Crippen molar-refractivity contribution in [1.82, 2.24) is 15.2 Å². The SMILES string of the molecule is CN1C(=O)C2CN(C(=O)C(O)COC[C@@H]3COCCCN3)CCN2c2ncc(C(F)(F)F)cc21. The fourth-order valence-electron chi connectivity index (χ4n) is 4.34. The van der Waals surface area contributed by atoms with Gasteiger partial charge >= 0.3 is 6.18 Å². The number of nitrogens with one attached hydrogen (secondary N) is 1. The molecule has 0 saturated carbocycles. The second-order valence-electron chi connectivity index (χ2n) is 8.59. The maximum absolute atomic E-state index is 13.1. The Morgan fingerprint density at radius 1 is 1.41 bits per heavy atom. The van der Waals surface area contributed by atoms with Crippen LogP contribution in [0.4, 0.5) is 24.7 Å². The van der Waals surface area contributed by atoms with Crippen molar-refractivity contribution in [2.24, 2.45) is 0 Å². The van der Waals surface area contributed by atoms with Crippen LogP contribution in [0.15, 0.2) is 12.3 Å². The fraction of sp³-hybridized carbons (Fsp3) is 0.667. The summed E-state index contributed by atoms with van der Waals surface area (Å²) in [6.07, 6.45) is -4.32. The van der Waals surface area contributed by atoms with Gasteiger partial charge in [0.1, 0.15) is 6.04 Å². The molecule has 3 aliphatic heterocycles. The summed E-state index contributed by atoms with van der Waals surface area (Å²) in [5.74, 6) is -0.753. The van der Waals surface area contributed by atoms with Crippen molar-refractivity contribution in [3.8, 4) is 0 Å². The maximum atomic E-state index is 13.1. The molecule has 10 nitrogen and oxygen atoms in total. The van der Waals surface area contributed by atoms with E-state index in [1.807, 2.05) is 0 Å². The zero-order valence-electron chi connectivity index (χ0n) is 18.8. The molecule has 1 aromatic rings. The molecule has 0 aliphatic carbocycles. The average molecular weight is 487 g/mol. The van der Waals surface area contributed by atoms with Crippen molar-refractivity contribution < 1.29 is 37.3 Å². The third kappa shape index (κ3) is 5.11. The number of carbonyl (C=O) groups excluding carboxylic acids is 2. The first-order valence-electron chi connectivity index (χ1n) is 11.1. The number of rotatable bonds is 5. The van der Waals surface area contributed by atoms with Gasteiger partial charge in [-0.25, -0.2) is 4.98 Å². The number of pyridine rings is 1. The Balaban J connectivity index is 1.37. The molecule has 2 unspecified atom stereocenters. The van der Waals surface area contributed by atoms with E-state index in [0.717, 1.165) is 30.1 Å². The van der Waals surface area contributed by atoms with Gasteiger partial charge in [-0.1, -0.05) is 0 Å². The number of amides is 2. The molecule has 1 aromatic heterocycles. The topological polar surface area (TPSA) is 107 Å². The van der Waals surface area contributed by atoms with Crippen LogP contribution >= 0.6 is 0 Å². The van der Waals surface area contributed by atoms with Crippen LogP contribution in [0.3, 0.4) is 0 Å². The lowest BCUT2D eigenvalue weighted by Crippen LogP contribution is -2.64. The molecule has 34 heavy (non-hydrogen) atoms. The van der Waals surface area contributed by atoms with Gasteiger partial charge in [0.05, 0.1) is 43.7 Å². The van der Waals surface area contributed by atoms with Crippen LogP contribution in [-0.4, -0.2) is 105 Å². The molecule has 188 valence electrons. The maximum Gasteiger partial charge on any atom is 0.417 e. The number of nitrogens with zero attached hydrogens (tertiary/aromatic N) is 4. The lowest BCUT2D eigenvalue weighted by Gasteiger charge is -2.46. The second-order valence-corrected chi connectivity index (χ2v) is 8.59. The second kappa shape index (κ2) is 10.0. The molecule has 2 N–H and O–H groups in total. The molecule has 0 bridgehead atoms. The Hall–Kier alpha value is -2.48. The summed E-state index contributed by atoms with van der Waals surface area (Å²) in [6.45, 7) is 2.42. The minimum Gasteiger partial charge on any atom is -0.381 e. The number of ether oxygens (including phenoxy) is 2. The van der Waals surface area contributed by atoms with Gasteiger partial charge in [-0.15, -0.1) is 0 Å². The van der Waals surface area contributed by atoms with Crippen LogP contribution in [-0.2, 0) is 25.2 Å². The predicted octanol–water partition coefficient (Wildman–Crippen LogP) is -0.150. The first-order valence-corrected chi connectivity index (χ1v) is 11.1. The van der Waals surface area contributed by atoms with E-state index in [2.05, 4.69) is 10.3 Å². The van der Waals surface area contributed by atoms with Crippen molar-refractivity contribution >= 4 is 23.3 Å². The number of likely N-dealkylation sites (N-methyl/N-ethyl adjacent to an activating group) is 1. The smallest absolute Gasteiger partial charge is 0.381 e. The highest BCUT2D eigenvalue weighted by atomic mass is 19.4. The third-order valence-electron chi connectivity index (χ3n) is 6.21. The third-order valence-corrected chi connectivity index (χ3v) is 6.21. The molecule has 2 saturated heterocycles. The highest BCUT2D eigenvalue weighted by Gasteiger charge is 2.44. The molecule has 4 rings (SSSR count). The van der Waals surface area contributed by atoms with E-state index in [0.29, 0.717) is 13.2 Å². The Kier molecular flexibility index (Phi) is 7.26. The van der Waals surface area contributed by atoms with Crippen molar-refractivity contribution in [2.75, 3.05) is 69.5 Å². The quantitative estimate of drug-likeness (QED) is 0.591. The van der Waals surface area contributed by atoms with E-state index in [1.165, 1.54) is 11.9 Å². The number of fused-ring (bicyclic) bond motifs is 3. The lowest BCUT2D eigenvalue weighted by molar-refractivity contribution is -0.145. The molecule has 3 atom stereocenters. The normalized spacial score (nSPS) is 24.4. The first kappa shape index (κ1) is 24.6. The number of hydrogen-bond donors (Lipinski definition) is 2. The minimum absolute atomic E-state index is 0.0147. The number of aliphatic hydroxyl groups excluding tert-OH is 1. The average Bonchev–Trinajstić information content (AvgIpc) is 3.09. The number of halogens is 3. The Labute approximate surface area is 194 Å². The van der Waals surface area contributed by atoms with Gasteiger partial charge in [0.25, 0.3) is 11.8 Å². The van der Waals surface area contributed by atoms with Gasteiger partial charge in [-0.2, -0.15) is 13.2 Å². The zero-order valence-corrected chi connectivity index (χ0v) is 18.8. The number of hydrogen-bond acceptors (Lipinski definition) is 8. The van der Waals surface area contributed by atoms with Crippen molar-refractivity contribution in [1.29, 1.82) is 0 Å². The monoisotopic (exact) mass is 487 g/mol. The Morgan fingerprint density at radius 2 is 2.21 bits per heavy atom. The highest BCUT2D eigenvalue weighted by Crippen LogP contribution is 2.39. The largest absolute Gasteiger partial charge is 0.417 e. The molecule has 0 radical (unpaired) electrons. The summed E-state index contributed by atoms with van der Waals surface area (Å²) in [5.41, 5.74) is -0.868. The summed E-state index contributed by atoms with van der Waals surface area (Å²) < 4.78 is 50.2. The van der Waals surface area contributed by atoms with Crippen LogP contribution in [0.5, 0.6) is 0 Å².